The number of ether oxygens (including phenoxy) is 1. The number of nitrogens with one attached hydrogen (secondary N) is 2. The van der Waals surface area contributed by atoms with Crippen LogP contribution >= 0.6 is 0 Å². The van der Waals surface area contributed by atoms with E-state index in [9.17, 15) is 13.2 Å². The molecule has 0 aliphatic carbocycles. The Morgan fingerprint density at radius 2 is 1.81 bits per heavy atom. The largest absolute Gasteiger partial charge is 0.443 e. The number of carbonyl (C=O) groups is 1. The molecule has 262 valence electrons. The fourth-order valence-corrected chi connectivity index (χ4v) is 6.65. The first-order chi connectivity index (χ1) is 21.9. The molecule has 0 unspecified atom stereocenters. The highest BCUT2D eigenvalue weighted by molar-refractivity contribution is 7.91. The third-order valence-electron chi connectivity index (χ3n) is 9.33. The van der Waals surface area contributed by atoms with Gasteiger partial charge in [0.15, 0.2) is 18.2 Å². The van der Waals surface area contributed by atoms with Gasteiger partial charge in [0.1, 0.15) is 16.2 Å². The summed E-state index contributed by atoms with van der Waals surface area (Å²) >= 11 is 0. The highest BCUT2D eigenvalue weighted by Crippen LogP contribution is 2.47. The zero-order chi connectivity index (χ0) is 36.1. The summed E-state index contributed by atoms with van der Waals surface area (Å²) in [5.74, 6) is 0.750. The van der Waals surface area contributed by atoms with Crippen molar-refractivity contribution in [2.75, 3.05) is 36.7 Å². The number of aliphatic imine (C=N–C) groups is 1. The maximum absolute atomic E-state index is 13.7. The van der Waals surface area contributed by atoms with Crippen molar-refractivity contribution in [3.05, 3.63) is 47.3 Å². The lowest BCUT2D eigenvalue weighted by molar-refractivity contribution is 0.0575. The summed E-state index contributed by atoms with van der Waals surface area (Å²) in [4.78, 5) is 28.9. The van der Waals surface area contributed by atoms with E-state index in [2.05, 4.69) is 72.3 Å². The second kappa shape index (κ2) is 12.7. The minimum Gasteiger partial charge on any atom is -0.443 e. The van der Waals surface area contributed by atoms with E-state index in [1.54, 1.807) is 44.3 Å². The fourth-order valence-electron chi connectivity index (χ4n) is 5.05. The van der Waals surface area contributed by atoms with Gasteiger partial charge in [0, 0.05) is 61.5 Å². The second-order valence-electron chi connectivity index (χ2n) is 15.9. The smallest absolute Gasteiger partial charge is 0.414 e. The molecule has 0 radical (unpaired) electrons. The summed E-state index contributed by atoms with van der Waals surface area (Å²) < 4.78 is 36.1. The summed E-state index contributed by atoms with van der Waals surface area (Å²) in [5, 5.41) is 10.2. The van der Waals surface area contributed by atoms with E-state index in [1.165, 1.54) is 6.26 Å². The number of rotatable bonds is 9. The summed E-state index contributed by atoms with van der Waals surface area (Å²) in [6, 6.07) is 7.48. The highest BCUT2D eigenvalue weighted by atomic mass is 32.2. The van der Waals surface area contributed by atoms with Gasteiger partial charge in [-0.3, -0.25) is 15.0 Å². The van der Waals surface area contributed by atoms with Gasteiger partial charge < -0.3 is 14.5 Å². The van der Waals surface area contributed by atoms with Crippen molar-refractivity contribution in [2.24, 2.45) is 4.99 Å². The maximum atomic E-state index is 13.7. The van der Waals surface area contributed by atoms with Crippen molar-refractivity contribution in [1.29, 1.82) is 0 Å². The number of H-pyrrole nitrogens is 1. The molecular weight excluding hydrogens is 647 g/mol. The van der Waals surface area contributed by atoms with Crippen LogP contribution in [0, 0.1) is 0 Å². The fraction of sp³-hybridized carbons (Fsp3) is 0.559. The molecule has 48 heavy (non-hydrogen) atoms. The van der Waals surface area contributed by atoms with E-state index in [0.29, 0.717) is 36.3 Å². The van der Waals surface area contributed by atoms with Gasteiger partial charge in [-0.25, -0.2) is 23.2 Å². The molecule has 1 aliphatic rings. The number of aromatic amines is 1. The summed E-state index contributed by atoms with van der Waals surface area (Å²) in [6.45, 7) is 22.8. The highest BCUT2D eigenvalue weighted by Gasteiger charge is 2.47. The van der Waals surface area contributed by atoms with Crippen molar-refractivity contribution in [3.63, 3.8) is 0 Å². The average Bonchev–Trinajstić information content (AvgIpc) is 3.54. The minimum absolute atomic E-state index is 0.0118. The zero-order valence-corrected chi connectivity index (χ0v) is 32.4. The predicted octanol–water partition coefficient (Wildman–Crippen LogP) is 6.97. The lowest BCUT2D eigenvalue weighted by Crippen LogP contribution is -2.46. The van der Waals surface area contributed by atoms with Crippen LogP contribution in [0.2, 0.25) is 18.1 Å². The average molecular weight is 698 g/mol. The van der Waals surface area contributed by atoms with E-state index in [0.717, 1.165) is 22.4 Å². The van der Waals surface area contributed by atoms with E-state index in [-0.39, 0.29) is 5.04 Å². The van der Waals surface area contributed by atoms with Crippen molar-refractivity contribution >= 4 is 47.9 Å². The van der Waals surface area contributed by atoms with E-state index >= 15 is 0 Å². The number of anilines is 3. The molecule has 4 rings (SSSR count). The number of amides is 1. The van der Waals surface area contributed by atoms with Crippen molar-refractivity contribution in [3.8, 4) is 11.3 Å². The number of nitrogens with zero attached hydrogens (tertiary/aromatic N) is 5. The van der Waals surface area contributed by atoms with Crippen LogP contribution in [0.25, 0.3) is 11.3 Å². The van der Waals surface area contributed by atoms with Gasteiger partial charge in [-0.1, -0.05) is 27.7 Å². The lowest BCUT2D eigenvalue weighted by atomic mass is 9.83. The first kappa shape index (κ1) is 37.2. The van der Waals surface area contributed by atoms with E-state index < -0.39 is 40.0 Å². The van der Waals surface area contributed by atoms with E-state index in [4.69, 9.17) is 14.1 Å². The third-order valence-corrected chi connectivity index (χ3v) is 15.9. The van der Waals surface area contributed by atoms with Crippen molar-refractivity contribution in [1.82, 2.24) is 20.2 Å². The normalized spacial score (nSPS) is 17.6. The zero-order valence-electron chi connectivity index (χ0n) is 30.6. The van der Waals surface area contributed by atoms with Crippen LogP contribution in [-0.2, 0) is 29.2 Å². The number of hydrogen-bond donors (Lipinski definition) is 2. The minimum atomic E-state index is -3.41. The number of benzene rings is 1. The monoisotopic (exact) mass is 697 g/mol. The Hall–Kier alpha value is -3.62. The number of sulfone groups is 1. The Bertz CT molecular complexity index is 1820. The van der Waals surface area contributed by atoms with Crippen molar-refractivity contribution < 1.29 is 22.4 Å². The molecule has 1 aromatic carbocycles. The molecule has 3 heterocycles. The van der Waals surface area contributed by atoms with Gasteiger partial charge in [0.2, 0.25) is 5.95 Å². The summed E-state index contributed by atoms with van der Waals surface area (Å²) in [6.07, 6.45) is 4.16. The Labute approximate surface area is 286 Å². The SMILES string of the molecule is C/N=C\c1cc(-c2ccnc(Nc3cc(C(C)(C)S(C)(=O)=O)n[nH]3)n2)cc2c1N(C(=O)OC(C)(C)C)C[C@]2(C)CO[Si](C)(C)C(C)(C)C. The van der Waals surface area contributed by atoms with Crippen LogP contribution in [0.4, 0.5) is 22.2 Å². The molecule has 3 aromatic rings. The molecule has 0 spiro atoms. The van der Waals surface area contributed by atoms with Gasteiger partial charge >= 0.3 is 6.09 Å². The molecule has 0 bridgehead atoms. The van der Waals surface area contributed by atoms with Crippen molar-refractivity contribution in [2.45, 2.75) is 96.2 Å². The molecule has 1 aliphatic heterocycles. The quantitative estimate of drug-likeness (QED) is 0.178. The molecule has 12 nitrogen and oxygen atoms in total. The molecule has 2 aromatic heterocycles. The van der Waals surface area contributed by atoms with Gasteiger partial charge in [0.25, 0.3) is 0 Å². The van der Waals surface area contributed by atoms with Gasteiger partial charge in [-0.05, 0) is 76.5 Å². The number of aromatic nitrogens is 4. The van der Waals surface area contributed by atoms with Crippen LogP contribution in [0.1, 0.15) is 79.1 Å². The lowest BCUT2D eigenvalue weighted by Gasteiger charge is -2.39. The topological polar surface area (TPSA) is 152 Å². The van der Waals surface area contributed by atoms with E-state index in [1.807, 2.05) is 32.9 Å². The molecule has 2 N–H and O–H groups in total. The Balaban J connectivity index is 1.79. The van der Waals surface area contributed by atoms with Crippen LogP contribution in [0.15, 0.2) is 35.5 Å². The molecule has 0 saturated heterocycles. The molecular formula is C34H51N7O5SSi. The molecule has 1 atom stereocenters. The van der Waals surface area contributed by atoms with Crippen LogP contribution in [-0.4, -0.2) is 81.3 Å². The first-order valence-corrected chi connectivity index (χ1v) is 20.8. The van der Waals surface area contributed by atoms with Gasteiger partial charge in [-0.15, -0.1) is 0 Å². The number of hydrogen-bond acceptors (Lipinski definition) is 10. The summed E-state index contributed by atoms with van der Waals surface area (Å²) in [5.41, 5.74) is 3.02. The van der Waals surface area contributed by atoms with Crippen LogP contribution in [0.5, 0.6) is 0 Å². The third kappa shape index (κ3) is 7.65. The summed E-state index contributed by atoms with van der Waals surface area (Å²) in [7, 11) is -3.85. The second-order valence-corrected chi connectivity index (χ2v) is 23.2. The van der Waals surface area contributed by atoms with Gasteiger partial charge in [-0.2, -0.15) is 5.10 Å². The Morgan fingerprint density at radius 3 is 2.40 bits per heavy atom. The number of fused-ring (bicyclic) bond motifs is 1. The first-order valence-electron chi connectivity index (χ1n) is 16.0. The predicted molar refractivity (Wildman–Crippen MR) is 195 cm³/mol. The standard InChI is InChI=1S/C34H51N7O5SSi/c1-31(2,3)46-30(42)41-20-34(9,21-45-48(12,13)32(4,5)6)24-17-22(16-23(19-35-10)28(24)41)25-14-15-36-29(37-25)38-27-18-26(39-40-27)33(7,8)47(11,43)44/h14-19H,20-21H2,1-13H3,(H2,36,37,38,39,40)/b35-19-/t34-/m1/s1. The van der Waals surface area contributed by atoms with Crippen LogP contribution < -0.4 is 10.2 Å². The molecule has 0 saturated carbocycles. The molecule has 14 heteroatoms. The van der Waals surface area contributed by atoms with Crippen LogP contribution in [0.3, 0.4) is 0 Å². The Kier molecular flexibility index (Phi) is 9.83. The molecule has 1 amide bonds. The molecule has 0 fully saturated rings. The maximum Gasteiger partial charge on any atom is 0.414 e. The number of carbonyl (C=O) groups excluding carboxylic acids is 1. The van der Waals surface area contributed by atoms with Gasteiger partial charge in [0.05, 0.1) is 17.1 Å². The Morgan fingerprint density at radius 1 is 1.15 bits per heavy atom.